The van der Waals surface area contributed by atoms with Gasteiger partial charge in [-0.3, -0.25) is 9.10 Å². The number of benzene rings is 3. The lowest BCUT2D eigenvalue weighted by Crippen LogP contribution is -2.26. The van der Waals surface area contributed by atoms with Gasteiger partial charge in [0.25, 0.3) is 10.0 Å². The number of anilines is 2. The molecule has 34 heavy (non-hydrogen) atoms. The van der Waals surface area contributed by atoms with Gasteiger partial charge in [-0.25, -0.2) is 21.6 Å². The SMILES string of the molecule is CNS(=O)(=O)c1ccc(C)c(NC(=O)Cc2ccc(N(C)S(=O)(=O)c3ccc(Cl)cc3)cc2)c1. The van der Waals surface area contributed by atoms with Crippen LogP contribution in [0.25, 0.3) is 0 Å². The predicted octanol–water partition coefficient (Wildman–Crippen LogP) is 3.56. The zero-order chi connectivity index (χ0) is 25.1. The number of sulfonamides is 2. The van der Waals surface area contributed by atoms with Gasteiger partial charge in [0.2, 0.25) is 15.9 Å². The maximum absolute atomic E-state index is 12.8. The molecule has 0 aliphatic heterocycles. The highest BCUT2D eigenvalue weighted by Gasteiger charge is 2.21. The lowest BCUT2D eigenvalue weighted by molar-refractivity contribution is -0.115. The third-order valence-corrected chi connectivity index (χ3v) is 8.66. The molecule has 2 N–H and O–H groups in total. The minimum Gasteiger partial charge on any atom is -0.326 e. The first-order valence-electron chi connectivity index (χ1n) is 10.1. The van der Waals surface area contributed by atoms with Crippen molar-refractivity contribution < 1.29 is 21.6 Å². The number of nitrogens with one attached hydrogen (secondary N) is 2. The lowest BCUT2D eigenvalue weighted by Gasteiger charge is -2.20. The number of aryl methyl sites for hydroxylation is 1. The molecule has 0 aromatic heterocycles. The summed E-state index contributed by atoms with van der Waals surface area (Å²) in [5.41, 5.74) is 2.20. The average Bonchev–Trinajstić information content (AvgIpc) is 2.80. The van der Waals surface area contributed by atoms with Crippen molar-refractivity contribution in [1.29, 1.82) is 0 Å². The van der Waals surface area contributed by atoms with Crippen LogP contribution in [-0.2, 0) is 31.3 Å². The van der Waals surface area contributed by atoms with Gasteiger partial charge in [0.05, 0.1) is 21.9 Å². The Hall–Kier alpha value is -2.92. The van der Waals surface area contributed by atoms with E-state index in [1.165, 1.54) is 50.5 Å². The molecule has 0 spiro atoms. The lowest BCUT2D eigenvalue weighted by atomic mass is 10.1. The standard InChI is InChI=1S/C23H24ClN3O5S2/c1-16-4-11-21(33(29,30)25-2)15-22(16)26-23(28)14-17-5-9-19(10-6-17)27(3)34(31,32)20-12-7-18(24)8-13-20/h4-13,15,25H,14H2,1-3H3,(H,26,28). The van der Waals surface area contributed by atoms with E-state index in [4.69, 9.17) is 11.6 Å². The molecule has 3 rings (SSSR count). The normalized spacial score (nSPS) is 11.8. The fraction of sp³-hybridized carbons (Fsp3) is 0.174. The number of carbonyl (C=O) groups excluding carboxylic acids is 1. The third-order valence-electron chi connectivity index (χ3n) is 5.20. The quantitative estimate of drug-likeness (QED) is 0.470. The van der Waals surface area contributed by atoms with Gasteiger partial charge in [-0.15, -0.1) is 0 Å². The van der Waals surface area contributed by atoms with Crippen LogP contribution in [-0.4, -0.2) is 36.8 Å². The summed E-state index contributed by atoms with van der Waals surface area (Å²) in [6.07, 6.45) is 0.0242. The Kier molecular flexibility index (Phi) is 7.67. The number of hydrogen-bond donors (Lipinski definition) is 2. The van der Waals surface area contributed by atoms with Crippen molar-refractivity contribution in [3.8, 4) is 0 Å². The maximum Gasteiger partial charge on any atom is 0.264 e. The fourth-order valence-electron chi connectivity index (χ4n) is 3.13. The van der Waals surface area contributed by atoms with Gasteiger partial charge in [-0.2, -0.15) is 0 Å². The fourth-order valence-corrected chi connectivity index (χ4v) is 5.21. The van der Waals surface area contributed by atoms with Crippen LogP contribution in [0.2, 0.25) is 5.02 Å². The zero-order valence-electron chi connectivity index (χ0n) is 18.7. The number of halogens is 1. The van der Waals surface area contributed by atoms with Gasteiger partial charge in [-0.05, 0) is 73.6 Å². The number of rotatable bonds is 8. The molecular formula is C23H24ClN3O5S2. The molecular weight excluding hydrogens is 498 g/mol. The number of amides is 1. The largest absolute Gasteiger partial charge is 0.326 e. The van der Waals surface area contributed by atoms with Crippen LogP contribution in [0.1, 0.15) is 11.1 Å². The molecule has 0 heterocycles. The topological polar surface area (TPSA) is 113 Å². The van der Waals surface area contributed by atoms with E-state index in [0.29, 0.717) is 27.5 Å². The Morgan fingerprint density at radius 2 is 1.50 bits per heavy atom. The van der Waals surface area contributed by atoms with E-state index in [1.54, 1.807) is 37.3 Å². The molecule has 0 aliphatic rings. The molecule has 180 valence electrons. The molecule has 0 bridgehead atoms. The summed E-state index contributed by atoms with van der Waals surface area (Å²) in [5, 5.41) is 3.17. The minimum absolute atomic E-state index is 0.0242. The first kappa shape index (κ1) is 25.7. The summed E-state index contributed by atoms with van der Waals surface area (Å²) in [6, 6.07) is 16.9. The van der Waals surface area contributed by atoms with E-state index in [2.05, 4.69) is 10.0 Å². The van der Waals surface area contributed by atoms with Crippen LogP contribution in [0.4, 0.5) is 11.4 Å². The van der Waals surface area contributed by atoms with E-state index in [1.807, 2.05) is 0 Å². The molecule has 0 unspecified atom stereocenters. The van der Waals surface area contributed by atoms with E-state index in [0.717, 1.165) is 4.31 Å². The molecule has 0 fully saturated rings. The Labute approximate surface area is 204 Å². The van der Waals surface area contributed by atoms with Gasteiger partial charge in [-0.1, -0.05) is 29.8 Å². The van der Waals surface area contributed by atoms with E-state index >= 15 is 0 Å². The predicted molar refractivity (Wildman–Crippen MR) is 133 cm³/mol. The molecule has 0 aliphatic carbocycles. The number of hydrogen-bond acceptors (Lipinski definition) is 5. The van der Waals surface area contributed by atoms with E-state index < -0.39 is 20.0 Å². The molecule has 0 atom stereocenters. The van der Waals surface area contributed by atoms with Gasteiger partial charge in [0, 0.05) is 17.8 Å². The summed E-state index contributed by atoms with van der Waals surface area (Å²) in [4.78, 5) is 12.7. The summed E-state index contributed by atoms with van der Waals surface area (Å²) < 4.78 is 53.1. The first-order chi connectivity index (χ1) is 15.9. The van der Waals surface area contributed by atoms with Gasteiger partial charge in [0.15, 0.2) is 0 Å². The highest BCUT2D eigenvalue weighted by Crippen LogP contribution is 2.24. The van der Waals surface area contributed by atoms with Gasteiger partial charge < -0.3 is 5.32 Å². The summed E-state index contributed by atoms with van der Waals surface area (Å²) in [6.45, 7) is 1.76. The van der Waals surface area contributed by atoms with Crippen molar-refractivity contribution in [3.63, 3.8) is 0 Å². The summed E-state index contributed by atoms with van der Waals surface area (Å²) >= 11 is 5.84. The average molecular weight is 522 g/mol. The van der Waals surface area contributed by atoms with Crippen molar-refractivity contribution in [2.75, 3.05) is 23.7 Å². The highest BCUT2D eigenvalue weighted by atomic mass is 35.5. The highest BCUT2D eigenvalue weighted by molar-refractivity contribution is 7.92. The van der Waals surface area contributed by atoms with Crippen LogP contribution in [0.5, 0.6) is 0 Å². The molecule has 8 nitrogen and oxygen atoms in total. The van der Waals surface area contributed by atoms with Crippen molar-refractivity contribution in [3.05, 3.63) is 82.9 Å². The number of nitrogens with zero attached hydrogens (tertiary/aromatic N) is 1. The van der Waals surface area contributed by atoms with Gasteiger partial charge in [0.1, 0.15) is 0 Å². The van der Waals surface area contributed by atoms with Gasteiger partial charge >= 0.3 is 0 Å². The molecule has 11 heteroatoms. The van der Waals surface area contributed by atoms with Crippen molar-refractivity contribution in [1.82, 2.24) is 4.72 Å². The molecule has 0 saturated heterocycles. The zero-order valence-corrected chi connectivity index (χ0v) is 21.1. The smallest absolute Gasteiger partial charge is 0.264 e. The van der Waals surface area contributed by atoms with Crippen LogP contribution >= 0.6 is 11.6 Å². The summed E-state index contributed by atoms with van der Waals surface area (Å²) in [5.74, 6) is -0.336. The maximum atomic E-state index is 12.8. The van der Waals surface area contributed by atoms with Crippen molar-refractivity contribution in [2.45, 2.75) is 23.1 Å². The molecule has 3 aromatic rings. The second kappa shape index (κ2) is 10.1. The van der Waals surface area contributed by atoms with E-state index in [9.17, 15) is 21.6 Å². The van der Waals surface area contributed by atoms with Crippen LogP contribution in [0.15, 0.2) is 76.5 Å². The third kappa shape index (κ3) is 5.76. The Morgan fingerprint density at radius 3 is 2.09 bits per heavy atom. The van der Waals surface area contributed by atoms with E-state index in [-0.39, 0.29) is 22.1 Å². The van der Waals surface area contributed by atoms with Crippen molar-refractivity contribution in [2.24, 2.45) is 0 Å². The Bertz CT molecular complexity index is 1410. The number of carbonyl (C=O) groups is 1. The Balaban J connectivity index is 1.72. The van der Waals surface area contributed by atoms with Crippen LogP contribution in [0.3, 0.4) is 0 Å². The summed E-state index contributed by atoms with van der Waals surface area (Å²) in [7, 11) is -4.65. The first-order valence-corrected chi connectivity index (χ1v) is 13.4. The second-order valence-electron chi connectivity index (χ2n) is 7.50. The van der Waals surface area contributed by atoms with Crippen LogP contribution in [0, 0.1) is 6.92 Å². The molecule has 3 aromatic carbocycles. The monoisotopic (exact) mass is 521 g/mol. The minimum atomic E-state index is -3.77. The molecule has 1 amide bonds. The second-order valence-corrected chi connectivity index (χ2v) is 11.8. The molecule has 0 radical (unpaired) electrons. The Morgan fingerprint density at radius 1 is 0.912 bits per heavy atom. The molecule has 0 saturated carbocycles. The van der Waals surface area contributed by atoms with Crippen molar-refractivity contribution >= 4 is 48.9 Å². The van der Waals surface area contributed by atoms with Crippen LogP contribution < -0.4 is 14.3 Å².